The molecular weight excluding hydrogens is 340 g/mol. The van der Waals surface area contributed by atoms with Crippen molar-refractivity contribution in [1.29, 1.82) is 5.26 Å². The van der Waals surface area contributed by atoms with Gasteiger partial charge >= 0.3 is 5.97 Å². The molecule has 0 heterocycles. The van der Waals surface area contributed by atoms with E-state index in [1.165, 1.54) is 33.5 Å². The van der Waals surface area contributed by atoms with Gasteiger partial charge in [0.15, 0.2) is 18.1 Å². The Hall–Kier alpha value is -2.95. The van der Waals surface area contributed by atoms with E-state index in [0.717, 1.165) is 0 Å². The summed E-state index contributed by atoms with van der Waals surface area (Å²) < 4.78 is 20.6. The second kappa shape index (κ2) is 8.94. The minimum atomic E-state index is -1.05. The van der Waals surface area contributed by atoms with Crippen molar-refractivity contribution in [3.05, 3.63) is 17.7 Å². The van der Waals surface area contributed by atoms with Crippen LogP contribution in [-0.4, -0.2) is 45.4 Å². The molecule has 1 rings (SSSR count). The Balaban J connectivity index is 2.86. The molecule has 26 heavy (non-hydrogen) atoms. The van der Waals surface area contributed by atoms with Crippen molar-refractivity contribution < 1.29 is 28.5 Å². The molecule has 0 aromatic heterocycles. The fourth-order valence-electron chi connectivity index (χ4n) is 2.04. The van der Waals surface area contributed by atoms with Crippen LogP contribution in [0.4, 0.5) is 0 Å². The maximum Gasteiger partial charge on any atom is 0.338 e. The van der Waals surface area contributed by atoms with Gasteiger partial charge in [-0.25, -0.2) is 4.79 Å². The van der Waals surface area contributed by atoms with Crippen LogP contribution in [-0.2, 0) is 9.53 Å². The summed E-state index contributed by atoms with van der Waals surface area (Å²) in [5, 5.41) is 11.8. The number of esters is 1. The third-order valence-electron chi connectivity index (χ3n) is 4.02. The van der Waals surface area contributed by atoms with Crippen LogP contribution in [0.5, 0.6) is 17.2 Å². The standard InChI is InChI=1S/C18H24N2O6/c1-11(2)18(3,10-19)20-15(21)9-26-17(22)12-7-13(23-4)16(25-6)14(8-12)24-5/h7-8,11H,9H2,1-6H3,(H,20,21)/t18-/m0/s1. The summed E-state index contributed by atoms with van der Waals surface area (Å²) in [6.07, 6.45) is 0. The quantitative estimate of drug-likeness (QED) is 0.702. The number of ether oxygens (including phenoxy) is 4. The van der Waals surface area contributed by atoms with Gasteiger partial charge in [-0.2, -0.15) is 5.26 Å². The summed E-state index contributed by atoms with van der Waals surface area (Å²) in [6.45, 7) is 4.72. The average molecular weight is 364 g/mol. The van der Waals surface area contributed by atoms with Gasteiger partial charge in [0.1, 0.15) is 5.54 Å². The van der Waals surface area contributed by atoms with Crippen molar-refractivity contribution in [2.45, 2.75) is 26.3 Å². The molecule has 0 bridgehead atoms. The number of benzene rings is 1. The molecule has 142 valence electrons. The van der Waals surface area contributed by atoms with Gasteiger partial charge in [0.25, 0.3) is 5.91 Å². The first kappa shape index (κ1) is 21.1. The predicted molar refractivity (Wildman–Crippen MR) is 93.4 cm³/mol. The minimum Gasteiger partial charge on any atom is -0.493 e. The van der Waals surface area contributed by atoms with Crippen LogP contribution in [0.25, 0.3) is 0 Å². The van der Waals surface area contributed by atoms with E-state index in [1.54, 1.807) is 6.92 Å². The third-order valence-corrected chi connectivity index (χ3v) is 4.02. The smallest absolute Gasteiger partial charge is 0.338 e. The molecule has 8 nitrogen and oxygen atoms in total. The zero-order valence-electron chi connectivity index (χ0n) is 15.8. The summed E-state index contributed by atoms with van der Waals surface area (Å²) in [4.78, 5) is 24.2. The lowest BCUT2D eigenvalue weighted by Gasteiger charge is -2.27. The van der Waals surface area contributed by atoms with E-state index >= 15 is 0 Å². The van der Waals surface area contributed by atoms with Gasteiger partial charge in [-0.1, -0.05) is 13.8 Å². The van der Waals surface area contributed by atoms with Crippen molar-refractivity contribution in [3.63, 3.8) is 0 Å². The average Bonchev–Trinajstić information content (AvgIpc) is 2.64. The van der Waals surface area contributed by atoms with Gasteiger partial charge in [-0.3, -0.25) is 4.79 Å². The van der Waals surface area contributed by atoms with E-state index in [0.29, 0.717) is 17.2 Å². The number of carbonyl (C=O) groups excluding carboxylic acids is 2. The van der Waals surface area contributed by atoms with Crippen LogP contribution in [0.15, 0.2) is 12.1 Å². The molecule has 0 fully saturated rings. The topological polar surface area (TPSA) is 107 Å². The first-order chi connectivity index (χ1) is 12.2. The van der Waals surface area contributed by atoms with Gasteiger partial charge in [-0.05, 0) is 25.0 Å². The van der Waals surface area contributed by atoms with Crippen molar-refractivity contribution in [2.75, 3.05) is 27.9 Å². The first-order valence-electron chi connectivity index (χ1n) is 7.91. The lowest BCUT2D eigenvalue weighted by molar-refractivity contribution is -0.125. The van der Waals surface area contributed by atoms with Crippen LogP contribution in [0.2, 0.25) is 0 Å². The number of hydrogen-bond acceptors (Lipinski definition) is 7. The maximum absolute atomic E-state index is 12.2. The molecule has 1 aromatic carbocycles. The van der Waals surface area contributed by atoms with Crippen molar-refractivity contribution in [1.82, 2.24) is 5.32 Å². The second-order valence-corrected chi connectivity index (χ2v) is 6.01. The van der Waals surface area contributed by atoms with E-state index in [2.05, 4.69) is 11.4 Å². The number of methoxy groups -OCH3 is 3. The number of nitriles is 1. The second-order valence-electron chi connectivity index (χ2n) is 6.01. The number of hydrogen-bond donors (Lipinski definition) is 1. The van der Waals surface area contributed by atoms with E-state index in [-0.39, 0.29) is 11.5 Å². The summed E-state index contributed by atoms with van der Waals surface area (Å²) in [5.74, 6) is -0.486. The van der Waals surface area contributed by atoms with Crippen LogP contribution in [0.3, 0.4) is 0 Å². The molecule has 0 saturated carbocycles. The van der Waals surface area contributed by atoms with E-state index in [4.69, 9.17) is 18.9 Å². The Morgan fingerprint density at radius 3 is 2.08 bits per heavy atom. The number of carbonyl (C=O) groups is 2. The largest absolute Gasteiger partial charge is 0.493 e. The summed E-state index contributed by atoms with van der Waals surface area (Å²) in [7, 11) is 4.30. The van der Waals surface area contributed by atoms with Crippen LogP contribution in [0.1, 0.15) is 31.1 Å². The Kier molecular flexibility index (Phi) is 7.26. The molecule has 0 aliphatic carbocycles. The van der Waals surface area contributed by atoms with Gasteiger partial charge in [0.2, 0.25) is 5.75 Å². The fraction of sp³-hybridized carbons (Fsp3) is 0.500. The first-order valence-corrected chi connectivity index (χ1v) is 7.91. The van der Waals surface area contributed by atoms with Crippen LogP contribution >= 0.6 is 0 Å². The zero-order valence-corrected chi connectivity index (χ0v) is 15.8. The third kappa shape index (κ3) is 4.79. The highest BCUT2D eigenvalue weighted by Crippen LogP contribution is 2.38. The number of nitrogens with zero attached hydrogens (tertiary/aromatic N) is 1. The van der Waals surface area contributed by atoms with Crippen molar-refractivity contribution in [3.8, 4) is 23.3 Å². The number of nitrogens with one attached hydrogen (secondary N) is 1. The Morgan fingerprint density at radius 2 is 1.69 bits per heavy atom. The number of amides is 1. The molecular formula is C18H24N2O6. The molecule has 8 heteroatoms. The summed E-state index contributed by atoms with van der Waals surface area (Å²) in [6, 6.07) is 4.90. The highest BCUT2D eigenvalue weighted by molar-refractivity contribution is 5.93. The molecule has 0 aliphatic rings. The molecule has 1 atom stereocenters. The van der Waals surface area contributed by atoms with Gasteiger partial charge in [0.05, 0.1) is 33.0 Å². The number of rotatable bonds is 8. The molecule has 1 aromatic rings. The Bertz CT molecular complexity index is 685. The molecule has 0 unspecified atom stereocenters. The lowest BCUT2D eigenvalue weighted by Crippen LogP contribution is -2.50. The van der Waals surface area contributed by atoms with Gasteiger partial charge in [-0.15, -0.1) is 0 Å². The maximum atomic E-state index is 12.2. The molecule has 1 N–H and O–H groups in total. The summed E-state index contributed by atoms with van der Waals surface area (Å²) >= 11 is 0. The fourth-order valence-corrected chi connectivity index (χ4v) is 2.04. The molecule has 0 saturated heterocycles. The van der Waals surface area contributed by atoms with E-state index < -0.39 is 24.0 Å². The minimum absolute atomic E-state index is 0.109. The summed E-state index contributed by atoms with van der Waals surface area (Å²) in [5.41, 5.74) is -0.907. The van der Waals surface area contributed by atoms with Gasteiger partial charge in [0, 0.05) is 0 Å². The zero-order chi connectivity index (χ0) is 19.9. The van der Waals surface area contributed by atoms with Crippen molar-refractivity contribution in [2.24, 2.45) is 5.92 Å². The van der Waals surface area contributed by atoms with Crippen LogP contribution < -0.4 is 19.5 Å². The SMILES string of the molecule is COc1cc(C(=O)OCC(=O)N[C@@](C)(C#N)C(C)C)cc(OC)c1OC. The molecule has 0 aliphatic heterocycles. The highest BCUT2D eigenvalue weighted by Gasteiger charge is 2.30. The monoisotopic (exact) mass is 364 g/mol. The Labute approximate surface area is 153 Å². The molecule has 0 radical (unpaired) electrons. The lowest BCUT2D eigenvalue weighted by atomic mass is 9.90. The van der Waals surface area contributed by atoms with Crippen LogP contribution in [0, 0.1) is 17.2 Å². The Morgan fingerprint density at radius 1 is 1.15 bits per heavy atom. The molecule has 0 spiro atoms. The highest BCUT2D eigenvalue weighted by atomic mass is 16.5. The van der Waals surface area contributed by atoms with Gasteiger partial charge < -0.3 is 24.3 Å². The van der Waals surface area contributed by atoms with Crippen molar-refractivity contribution >= 4 is 11.9 Å². The van der Waals surface area contributed by atoms with E-state index in [1.807, 2.05) is 13.8 Å². The predicted octanol–water partition coefficient (Wildman–Crippen LogP) is 1.92. The normalized spacial score (nSPS) is 12.5. The van der Waals surface area contributed by atoms with E-state index in [9.17, 15) is 14.9 Å². The molecule has 1 amide bonds.